The third-order valence-corrected chi connectivity index (χ3v) is 7.22. The Morgan fingerprint density at radius 1 is 1.10 bits per heavy atom. The lowest BCUT2D eigenvalue weighted by atomic mass is 10.0. The second-order valence-corrected chi connectivity index (χ2v) is 10.3. The molecule has 0 unspecified atom stereocenters. The van der Waals surface area contributed by atoms with Gasteiger partial charge >= 0.3 is 5.82 Å². The van der Waals surface area contributed by atoms with Gasteiger partial charge < -0.3 is 23.6 Å². The normalized spacial score (nSPS) is 15.3. The number of halogens is 1. The number of aromatic nitrogens is 3. The first kappa shape index (κ1) is 27.6. The van der Waals surface area contributed by atoms with Crippen molar-refractivity contribution in [1.29, 1.82) is 0 Å². The lowest BCUT2D eigenvalue weighted by Crippen LogP contribution is -2.25. The first-order valence-corrected chi connectivity index (χ1v) is 13.2. The summed E-state index contributed by atoms with van der Waals surface area (Å²) in [5.74, 6) is 1.57. The Labute approximate surface area is 238 Å². The van der Waals surface area contributed by atoms with E-state index in [9.17, 15) is 4.79 Å². The molecular weight excluding hydrogens is 530 g/mol. The number of furan rings is 1. The van der Waals surface area contributed by atoms with Crippen molar-refractivity contribution in [3.63, 3.8) is 0 Å². The van der Waals surface area contributed by atoms with Gasteiger partial charge in [0.1, 0.15) is 23.1 Å². The van der Waals surface area contributed by atoms with E-state index in [0.717, 1.165) is 42.4 Å². The Hall–Kier alpha value is -4.00. The van der Waals surface area contributed by atoms with Gasteiger partial charge in [0.25, 0.3) is 5.91 Å². The topological polar surface area (TPSA) is 94.9 Å². The van der Waals surface area contributed by atoms with Crippen LogP contribution in [0.25, 0.3) is 38.7 Å². The van der Waals surface area contributed by atoms with Gasteiger partial charge in [-0.05, 0) is 55.0 Å². The highest BCUT2D eigenvalue weighted by Gasteiger charge is 2.31. The van der Waals surface area contributed by atoms with E-state index in [1.165, 1.54) is 4.90 Å². The number of carbonyl (C=O) groups is 1. The molecule has 1 amide bonds. The minimum atomic E-state index is -0.106. The lowest BCUT2D eigenvalue weighted by Gasteiger charge is -2.23. The molecule has 206 valence electrons. The van der Waals surface area contributed by atoms with Gasteiger partial charge in [0.15, 0.2) is 17.0 Å². The minimum absolute atomic E-state index is 0. The Balaban J connectivity index is 0.00000323. The highest BCUT2D eigenvalue weighted by atomic mass is 35.5. The quantitative estimate of drug-likeness (QED) is 0.253. The molecule has 2 fully saturated rings. The van der Waals surface area contributed by atoms with Crippen molar-refractivity contribution in [2.45, 2.75) is 44.6 Å². The molecule has 0 spiro atoms. The second-order valence-electron chi connectivity index (χ2n) is 10.3. The summed E-state index contributed by atoms with van der Waals surface area (Å²) in [7, 11) is 3.43. The third-order valence-electron chi connectivity index (χ3n) is 7.22. The molecule has 0 bridgehead atoms. The van der Waals surface area contributed by atoms with Gasteiger partial charge in [0.05, 0.1) is 24.3 Å². The maximum atomic E-state index is 12.4. The van der Waals surface area contributed by atoms with Crippen LogP contribution in [-0.4, -0.2) is 59.2 Å². The Morgan fingerprint density at radius 3 is 2.55 bits per heavy atom. The monoisotopic (exact) mass is 559 g/mol. The smallest absolute Gasteiger partial charge is 0.312 e. The van der Waals surface area contributed by atoms with Crippen LogP contribution >= 0.6 is 12.4 Å². The van der Waals surface area contributed by atoms with Crippen LogP contribution < -0.4 is 4.74 Å². The summed E-state index contributed by atoms with van der Waals surface area (Å²) < 4.78 is 18.0. The number of fused-ring (bicyclic) bond motifs is 1. The van der Waals surface area contributed by atoms with Crippen LogP contribution in [-0.2, 0) is 4.74 Å². The standard InChI is InChI=1S/C30H29N5O4.ClH/c1-17-13-19(30(36)35(3)4)15-33-27(17)25-14-23-28(39-25)26(21(16-32-23)18-5-6-18)22-7-8-24(29(31-2)34-22)38-20-9-11-37-12-10-20;/h7-8,13-16,18,20H,5-6,9-12H2,1,3-4H3;1H. The molecule has 5 heterocycles. The second kappa shape index (κ2) is 11.2. The zero-order valence-corrected chi connectivity index (χ0v) is 23.5. The average molecular weight is 560 g/mol. The Bertz CT molecular complexity index is 1620. The van der Waals surface area contributed by atoms with Gasteiger partial charge in [-0.3, -0.25) is 14.8 Å². The number of aryl methyl sites for hydroxylation is 1. The molecule has 9 nitrogen and oxygen atoms in total. The summed E-state index contributed by atoms with van der Waals surface area (Å²) in [6.07, 6.45) is 7.24. The molecule has 6 rings (SSSR count). The van der Waals surface area contributed by atoms with Gasteiger partial charge in [-0.25, -0.2) is 0 Å². The maximum Gasteiger partial charge on any atom is 0.312 e. The molecule has 0 atom stereocenters. The molecule has 4 aromatic heterocycles. The fourth-order valence-corrected chi connectivity index (χ4v) is 5.00. The van der Waals surface area contributed by atoms with Crippen LogP contribution in [0.15, 0.2) is 41.1 Å². The number of hydrogen-bond donors (Lipinski definition) is 0. The number of nitrogens with zero attached hydrogens (tertiary/aromatic N) is 5. The van der Waals surface area contributed by atoms with Crippen LogP contribution in [0, 0.1) is 13.5 Å². The van der Waals surface area contributed by atoms with E-state index < -0.39 is 0 Å². The summed E-state index contributed by atoms with van der Waals surface area (Å²) >= 11 is 0. The van der Waals surface area contributed by atoms with Crippen molar-refractivity contribution >= 4 is 35.2 Å². The molecule has 1 saturated heterocycles. The van der Waals surface area contributed by atoms with Crippen molar-refractivity contribution in [2.75, 3.05) is 27.3 Å². The van der Waals surface area contributed by atoms with E-state index in [-0.39, 0.29) is 30.2 Å². The molecule has 2 aliphatic rings. The summed E-state index contributed by atoms with van der Waals surface area (Å²) in [5.41, 5.74) is 5.89. The van der Waals surface area contributed by atoms with E-state index in [2.05, 4.69) is 9.83 Å². The van der Waals surface area contributed by atoms with Crippen LogP contribution in [0.2, 0.25) is 0 Å². The lowest BCUT2D eigenvalue weighted by molar-refractivity contribution is 0.0258. The minimum Gasteiger partial charge on any atom is -0.499 e. The molecule has 1 aliphatic heterocycles. The van der Waals surface area contributed by atoms with Gasteiger partial charge in [0.2, 0.25) is 0 Å². The number of carbonyl (C=O) groups excluding carboxylic acids is 1. The molecule has 4 aromatic rings. The van der Waals surface area contributed by atoms with Gasteiger partial charge in [-0.1, -0.05) is 6.57 Å². The summed E-state index contributed by atoms with van der Waals surface area (Å²) in [6, 6.07) is 7.43. The van der Waals surface area contributed by atoms with E-state index in [4.69, 9.17) is 30.4 Å². The van der Waals surface area contributed by atoms with Crippen molar-refractivity contribution < 1.29 is 18.7 Å². The first-order chi connectivity index (χ1) is 18.9. The molecule has 10 heteroatoms. The summed E-state index contributed by atoms with van der Waals surface area (Å²) in [6.45, 7) is 11.0. The van der Waals surface area contributed by atoms with Crippen molar-refractivity contribution in [3.05, 3.63) is 64.8 Å². The fraction of sp³-hybridized carbons (Fsp3) is 0.367. The molecule has 0 radical (unpaired) electrons. The zero-order chi connectivity index (χ0) is 27.1. The number of amides is 1. The summed E-state index contributed by atoms with van der Waals surface area (Å²) in [5, 5.41) is 0. The largest absolute Gasteiger partial charge is 0.499 e. The van der Waals surface area contributed by atoms with E-state index >= 15 is 0 Å². The SMILES string of the molecule is Cl.[C-]#[N+]c1nc(-c2c(C3CC3)cnc3cc(-c4ncc(C(=O)N(C)C)cc4C)oc23)ccc1OC1CCOCC1. The van der Waals surface area contributed by atoms with Crippen LogP contribution in [0.5, 0.6) is 5.75 Å². The van der Waals surface area contributed by atoms with Crippen molar-refractivity contribution in [2.24, 2.45) is 0 Å². The van der Waals surface area contributed by atoms with Crippen LogP contribution in [0.1, 0.15) is 53.1 Å². The highest BCUT2D eigenvalue weighted by molar-refractivity contribution is 5.95. The van der Waals surface area contributed by atoms with Crippen molar-refractivity contribution in [3.8, 4) is 28.5 Å². The van der Waals surface area contributed by atoms with E-state index in [0.29, 0.717) is 58.7 Å². The number of pyridine rings is 3. The number of hydrogen-bond acceptors (Lipinski definition) is 7. The van der Waals surface area contributed by atoms with Crippen molar-refractivity contribution in [1.82, 2.24) is 19.9 Å². The molecule has 40 heavy (non-hydrogen) atoms. The maximum absolute atomic E-state index is 12.4. The predicted molar refractivity (Wildman–Crippen MR) is 153 cm³/mol. The Kier molecular flexibility index (Phi) is 7.74. The molecule has 1 saturated carbocycles. The molecule has 0 N–H and O–H groups in total. The Morgan fingerprint density at radius 2 is 1.88 bits per heavy atom. The molecular formula is C30H30ClN5O4. The highest BCUT2D eigenvalue weighted by Crippen LogP contribution is 2.47. The van der Waals surface area contributed by atoms with Gasteiger partial charge in [-0.15, -0.1) is 17.4 Å². The third kappa shape index (κ3) is 5.25. The van der Waals surface area contributed by atoms with E-state index in [1.54, 1.807) is 20.3 Å². The average Bonchev–Trinajstić information content (AvgIpc) is 3.71. The first-order valence-electron chi connectivity index (χ1n) is 13.2. The van der Waals surface area contributed by atoms with E-state index in [1.807, 2.05) is 37.4 Å². The van der Waals surface area contributed by atoms with Crippen LogP contribution in [0.3, 0.4) is 0 Å². The zero-order valence-electron chi connectivity index (χ0n) is 22.6. The predicted octanol–water partition coefficient (Wildman–Crippen LogP) is 6.37. The van der Waals surface area contributed by atoms with Gasteiger partial charge in [-0.2, -0.15) is 0 Å². The number of rotatable bonds is 6. The number of ether oxygens (including phenoxy) is 2. The fourth-order valence-electron chi connectivity index (χ4n) is 5.00. The molecule has 0 aromatic carbocycles. The molecule has 1 aliphatic carbocycles. The summed E-state index contributed by atoms with van der Waals surface area (Å²) in [4.78, 5) is 31.6. The van der Waals surface area contributed by atoms with Crippen LogP contribution in [0.4, 0.5) is 5.82 Å². The van der Waals surface area contributed by atoms with Gasteiger partial charge in [0, 0.05) is 45.4 Å².